The highest BCUT2D eigenvalue weighted by Gasteiger charge is 2.43. The molecule has 0 spiro atoms. The number of likely N-dealkylation sites (N-methyl/N-ethyl adjacent to an activating group) is 1. The second-order valence-corrected chi connectivity index (χ2v) is 7.58. The fourth-order valence-electron chi connectivity index (χ4n) is 3.82. The maximum absolute atomic E-state index is 12.9. The highest BCUT2D eigenvalue weighted by molar-refractivity contribution is 5.97. The summed E-state index contributed by atoms with van der Waals surface area (Å²) >= 11 is 0. The van der Waals surface area contributed by atoms with Gasteiger partial charge in [0.1, 0.15) is 12.1 Å². The molecule has 1 saturated heterocycles. The van der Waals surface area contributed by atoms with Crippen LogP contribution in [0, 0.1) is 10.1 Å². The van der Waals surface area contributed by atoms with Gasteiger partial charge in [0.05, 0.1) is 11.5 Å². The van der Waals surface area contributed by atoms with E-state index in [0.717, 1.165) is 5.56 Å². The summed E-state index contributed by atoms with van der Waals surface area (Å²) in [5.41, 5.74) is 7.18. The second-order valence-electron chi connectivity index (χ2n) is 7.58. The minimum atomic E-state index is -1.03. The molecule has 1 aliphatic rings. The second kappa shape index (κ2) is 9.38. The fraction of sp³-hybridized carbons (Fsp3) is 0.318. The van der Waals surface area contributed by atoms with Crippen LogP contribution in [0.2, 0.25) is 0 Å². The summed E-state index contributed by atoms with van der Waals surface area (Å²) in [6, 6.07) is 13.4. The standard InChI is InChI=1S/C22H24N4O5/c1-24-14-20(27)25(18(22(24)29)12-9-15-5-3-2-4-6-15)19(21(23)28)13-16-7-10-17(11-8-16)26(30)31/h2-8,10-11,18-19H,9,12-14H2,1H3,(H2,23,28)/t18-,19-/m0/s1. The van der Waals surface area contributed by atoms with Gasteiger partial charge in [-0.2, -0.15) is 0 Å². The van der Waals surface area contributed by atoms with Gasteiger partial charge in [0.25, 0.3) is 5.69 Å². The van der Waals surface area contributed by atoms with Crippen molar-refractivity contribution in [2.45, 2.75) is 31.3 Å². The van der Waals surface area contributed by atoms with Gasteiger partial charge in [0.2, 0.25) is 17.7 Å². The molecule has 0 aliphatic carbocycles. The van der Waals surface area contributed by atoms with E-state index in [1.807, 2.05) is 30.3 Å². The smallest absolute Gasteiger partial charge is 0.269 e. The van der Waals surface area contributed by atoms with Crippen molar-refractivity contribution in [2.75, 3.05) is 13.6 Å². The minimum absolute atomic E-state index is 0.0674. The Hall–Kier alpha value is -3.75. The number of amides is 3. The maximum Gasteiger partial charge on any atom is 0.269 e. The number of aryl methyl sites for hydroxylation is 1. The highest BCUT2D eigenvalue weighted by atomic mass is 16.6. The summed E-state index contributed by atoms with van der Waals surface area (Å²) in [5, 5.41) is 10.9. The third-order valence-electron chi connectivity index (χ3n) is 5.45. The molecular formula is C22H24N4O5. The van der Waals surface area contributed by atoms with E-state index in [-0.39, 0.29) is 30.5 Å². The number of carbonyl (C=O) groups is 3. The predicted molar refractivity (Wildman–Crippen MR) is 113 cm³/mol. The third-order valence-corrected chi connectivity index (χ3v) is 5.45. The number of benzene rings is 2. The van der Waals surface area contributed by atoms with Crippen molar-refractivity contribution in [1.29, 1.82) is 0 Å². The van der Waals surface area contributed by atoms with E-state index in [0.29, 0.717) is 18.4 Å². The Morgan fingerprint density at radius 3 is 2.35 bits per heavy atom. The summed E-state index contributed by atoms with van der Waals surface area (Å²) in [6.07, 6.45) is 0.971. The van der Waals surface area contributed by atoms with Gasteiger partial charge in [-0.25, -0.2) is 0 Å². The van der Waals surface area contributed by atoms with Gasteiger partial charge >= 0.3 is 0 Å². The number of carbonyl (C=O) groups excluding carboxylic acids is 3. The van der Waals surface area contributed by atoms with E-state index in [1.165, 1.54) is 34.1 Å². The Labute approximate surface area is 179 Å². The molecule has 1 fully saturated rings. The lowest BCUT2D eigenvalue weighted by Gasteiger charge is -2.42. The Bertz CT molecular complexity index is 977. The Kier molecular flexibility index (Phi) is 6.64. The van der Waals surface area contributed by atoms with Gasteiger partial charge in [-0.05, 0) is 24.0 Å². The topological polar surface area (TPSA) is 127 Å². The van der Waals surface area contributed by atoms with Gasteiger partial charge in [-0.1, -0.05) is 42.5 Å². The first-order chi connectivity index (χ1) is 14.8. The number of nitro groups is 1. The fourth-order valence-corrected chi connectivity index (χ4v) is 3.82. The lowest BCUT2D eigenvalue weighted by Crippen LogP contribution is -2.64. The van der Waals surface area contributed by atoms with Gasteiger partial charge in [0, 0.05) is 25.6 Å². The number of nitrogens with zero attached hydrogens (tertiary/aromatic N) is 3. The molecule has 0 bridgehead atoms. The lowest BCUT2D eigenvalue weighted by molar-refractivity contribution is -0.384. The molecule has 1 heterocycles. The molecule has 31 heavy (non-hydrogen) atoms. The Morgan fingerprint density at radius 1 is 1.13 bits per heavy atom. The van der Waals surface area contributed by atoms with Gasteiger partial charge in [0.15, 0.2) is 0 Å². The molecule has 162 valence electrons. The van der Waals surface area contributed by atoms with E-state index in [2.05, 4.69) is 0 Å². The average Bonchev–Trinajstić information content (AvgIpc) is 2.75. The zero-order chi connectivity index (χ0) is 22.5. The number of hydrogen-bond donors (Lipinski definition) is 1. The average molecular weight is 424 g/mol. The monoisotopic (exact) mass is 424 g/mol. The van der Waals surface area contributed by atoms with E-state index >= 15 is 0 Å². The summed E-state index contributed by atoms with van der Waals surface area (Å²) in [7, 11) is 1.56. The molecule has 2 aromatic rings. The number of primary amides is 1. The molecule has 0 radical (unpaired) electrons. The van der Waals surface area contributed by atoms with E-state index in [4.69, 9.17) is 5.73 Å². The quantitative estimate of drug-likeness (QED) is 0.505. The van der Waals surface area contributed by atoms with E-state index < -0.39 is 22.9 Å². The van der Waals surface area contributed by atoms with Gasteiger partial charge < -0.3 is 15.5 Å². The first kappa shape index (κ1) is 21.9. The number of nitro benzene ring substituents is 1. The summed E-state index contributed by atoms with van der Waals surface area (Å²) in [4.78, 5) is 51.1. The number of piperazine rings is 1. The van der Waals surface area contributed by atoms with Crippen LogP contribution in [0.4, 0.5) is 5.69 Å². The molecule has 9 nitrogen and oxygen atoms in total. The van der Waals surface area contributed by atoms with Crippen LogP contribution >= 0.6 is 0 Å². The van der Waals surface area contributed by atoms with Gasteiger partial charge in [-0.3, -0.25) is 24.5 Å². The van der Waals surface area contributed by atoms with Crippen LogP contribution in [0.15, 0.2) is 54.6 Å². The largest absolute Gasteiger partial charge is 0.368 e. The van der Waals surface area contributed by atoms with E-state index in [1.54, 1.807) is 7.05 Å². The summed E-state index contributed by atoms with van der Waals surface area (Å²) in [6.45, 7) is -0.134. The molecule has 9 heteroatoms. The van der Waals surface area contributed by atoms with Crippen LogP contribution in [0.25, 0.3) is 0 Å². The number of rotatable bonds is 8. The van der Waals surface area contributed by atoms with Crippen LogP contribution in [0.5, 0.6) is 0 Å². The first-order valence-corrected chi connectivity index (χ1v) is 9.90. The molecule has 3 rings (SSSR count). The molecule has 0 unspecified atom stereocenters. The van der Waals surface area contributed by atoms with Gasteiger partial charge in [-0.15, -0.1) is 0 Å². The lowest BCUT2D eigenvalue weighted by atomic mass is 9.96. The van der Waals surface area contributed by atoms with Crippen molar-refractivity contribution >= 4 is 23.4 Å². The number of nitrogens with two attached hydrogens (primary N) is 1. The zero-order valence-electron chi connectivity index (χ0n) is 17.1. The maximum atomic E-state index is 12.9. The van der Waals surface area contributed by atoms with Crippen molar-refractivity contribution in [1.82, 2.24) is 9.80 Å². The SMILES string of the molecule is CN1CC(=O)N([C@@H](Cc2ccc([N+](=O)[O-])cc2)C(N)=O)[C@@H](CCc2ccccc2)C1=O. The minimum Gasteiger partial charge on any atom is -0.368 e. The van der Waals surface area contributed by atoms with Crippen molar-refractivity contribution in [3.8, 4) is 0 Å². The Balaban J connectivity index is 1.86. The molecule has 0 saturated carbocycles. The van der Waals surface area contributed by atoms with Crippen molar-refractivity contribution < 1.29 is 19.3 Å². The van der Waals surface area contributed by atoms with Crippen LogP contribution in [0.1, 0.15) is 17.5 Å². The molecule has 0 aromatic heterocycles. The highest BCUT2D eigenvalue weighted by Crippen LogP contribution is 2.23. The number of hydrogen-bond acceptors (Lipinski definition) is 5. The van der Waals surface area contributed by atoms with Crippen molar-refractivity contribution in [3.05, 3.63) is 75.8 Å². The molecule has 2 N–H and O–H groups in total. The normalized spacial score (nSPS) is 17.5. The van der Waals surface area contributed by atoms with Crippen LogP contribution in [-0.4, -0.2) is 58.1 Å². The Morgan fingerprint density at radius 2 is 1.77 bits per heavy atom. The van der Waals surface area contributed by atoms with Crippen molar-refractivity contribution in [2.24, 2.45) is 5.73 Å². The van der Waals surface area contributed by atoms with Crippen LogP contribution in [0.3, 0.4) is 0 Å². The summed E-state index contributed by atoms with van der Waals surface area (Å²) in [5.74, 6) is -1.33. The van der Waals surface area contributed by atoms with Crippen molar-refractivity contribution in [3.63, 3.8) is 0 Å². The number of non-ortho nitro benzene ring substituents is 1. The molecular weight excluding hydrogens is 400 g/mol. The first-order valence-electron chi connectivity index (χ1n) is 9.90. The summed E-state index contributed by atoms with van der Waals surface area (Å²) < 4.78 is 0. The van der Waals surface area contributed by atoms with Crippen LogP contribution in [-0.2, 0) is 27.2 Å². The third kappa shape index (κ3) is 5.06. The molecule has 2 atom stereocenters. The van der Waals surface area contributed by atoms with Crippen LogP contribution < -0.4 is 5.73 Å². The molecule has 1 aliphatic heterocycles. The zero-order valence-corrected chi connectivity index (χ0v) is 17.1. The molecule has 3 amide bonds. The predicted octanol–water partition coefficient (Wildman–Crippen LogP) is 1.29. The molecule has 2 aromatic carbocycles. The van der Waals surface area contributed by atoms with E-state index in [9.17, 15) is 24.5 Å².